The Morgan fingerprint density at radius 3 is 2.37 bits per heavy atom. The molecule has 0 heterocycles. The second-order valence-corrected chi connectivity index (χ2v) is 10.8. The van der Waals surface area contributed by atoms with Gasteiger partial charge in [-0.15, -0.1) is 0 Å². The molecule has 0 fully saturated rings. The van der Waals surface area contributed by atoms with Crippen LogP contribution in [-0.4, -0.2) is 14.1 Å². The van der Waals surface area contributed by atoms with Gasteiger partial charge < -0.3 is 10.6 Å². The van der Waals surface area contributed by atoms with Crippen LogP contribution in [0.15, 0.2) is 97.2 Å². The molecule has 2 heteroatoms. The Morgan fingerprint density at radius 2 is 1.61 bits per heavy atom. The van der Waals surface area contributed by atoms with Gasteiger partial charge in [0.05, 0.1) is 0 Å². The van der Waals surface area contributed by atoms with Crippen molar-refractivity contribution in [2.75, 3.05) is 19.4 Å². The monoisotopic (exact) mass is 498 g/mol. The smallest absolute Gasteiger partial charge is 0.0387 e. The summed E-state index contributed by atoms with van der Waals surface area (Å²) < 4.78 is 0. The summed E-state index contributed by atoms with van der Waals surface area (Å²) in [6.07, 6.45) is 10.9. The highest BCUT2D eigenvalue weighted by Crippen LogP contribution is 2.51. The van der Waals surface area contributed by atoms with Crippen LogP contribution in [-0.2, 0) is 11.8 Å². The first-order chi connectivity index (χ1) is 18.4. The van der Waals surface area contributed by atoms with E-state index in [1.54, 1.807) is 0 Å². The number of rotatable bonds is 4. The second-order valence-electron chi connectivity index (χ2n) is 10.8. The quantitative estimate of drug-likeness (QED) is 0.274. The fraction of sp³-hybridized carbons (Fsp3) is 0.222. The van der Waals surface area contributed by atoms with Gasteiger partial charge in [-0.3, -0.25) is 0 Å². The fourth-order valence-corrected chi connectivity index (χ4v) is 5.98. The van der Waals surface area contributed by atoms with E-state index in [1.807, 2.05) is 33.2 Å². The molecule has 0 radical (unpaired) electrons. The zero-order valence-corrected chi connectivity index (χ0v) is 23.3. The number of fused-ring (bicyclic) bond motifs is 6. The highest BCUT2D eigenvalue weighted by Gasteiger charge is 2.36. The maximum atomic E-state index is 4.11. The lowest BCUT2D eigenvalue weighted by atomic mass is 9.80. The van der Waals surface area contributed by atoms with Gasteiger partial charge in [-0.05, 0) is 119 Å². The minimum atomic E-state index is -0.0763. The first-order valence-electron chi connectivity index (χ1n) is 13.6. The average molecular weight is 499 g/mol. The van der Waals surface area contributed by atoms with Crippen LogP contribution in [0.3, 0.4) is 0 Å². The minimum Gasteiger partial charge on any atom is -0.356 e. The van der Waals surface area contributed by atoms with E-state index in [0.717, 1.165) is 24.2 Å². The van der Waals surface area contributed by atoms with Crippen LogP contribution in [0.1, 0.15) is 49.4 Å². The SMILES string of the molecule is C=C(/C=C\C)Nc1ccc2c(c1)C(C)(C)c1cc(-c3cc4ccccc4c4c3C=CCC4)ccc1-2.CNC. The lowest BCUT2D eigenvalue weighted by Gasteiger charge is -2.24. The van der Waals surface area contributed by atoms with Gasteiger partial charge in [-0.2, -0.15) is 0 Å². The van der Waals surface area contributed by atoms with Crippen molar-refractivity contribution in [3.05, 3.63) is 119 Å². The number of nitrogens with one attached hydrogen (secondary N) is 2. The van der Waals surface area contributed by atoms with E-state index in [-0.39, 0.29) is 5.41 Å². The molecule has 2 aliphatic rings. The summed E-state index contributed by atoms with van der Waals surface area (Å²) in [6.45, 7) is 10.8. The van der Waals surface area contributed by atoms with E-state index in [2.05, 4.69) is 110 Å². The van der Waals surface area contributed by atoms with Gasteiger partial charge in [-0.25, -0.2) is 0 Å². The van der Waals surface area contributed by atoms with Gasteiger partial charge >= 0.3 is 0 Å². The Kier molecular flexibility index (Phi) is 7.10. The van der Waals surface area contributed by atoms with Gasteiger partial charge in [0.2, 0.25) is 0 Å². The standard InChI is InChI=1S/C34H31N.C2H7N/c1-5-10-22(2)35-25-16-18-30-29-17-15-24(20-32(29)34(3,4)33(30)21-25)31-19-23-11-6-7-12-26(23)27-13-8-9-14-28(27)31;1-3-2/h5-7,9-12,14-21,35H,2,8,13H2,1,3-4H3;3H,1-2H3/b10-5-;. The van der Waals surface area contributed by atoms with Crippen LogP contribution in [0.5, 0.6) is 0 Å². The number of hydrogen-bond donors (Lipinski definition) is 2. The molecule has 4 aromatic rings. The third-order valence-corrected chi connectivity index (χ3v) is 7.71. The van der Waals surface area contributed by atoms with Gasteiger partial charge in [0.15, 0.2) is 0 Å². The van der Waals surface area contributed by atoms with Crippen molar-refractivity contribution in [3.63, 3.8) is 0 Å². The molecule has 2 N–H and O–H groups in total. The Morgan fingerprint density at radius 1 is 0.895 bits per heavy atom. The molecule has 4 aromatic carbocycles. The molecule has 0 bridgehead atoms. The number of hydrogen-bond acceptors (Lipinski definition) is 2. The second kappa shape index (κ2) is 10.5. The summed E-state index contributed by atoms with van der Waals surface area (Å²) in [5, 5.41) is 8.91. The fourth-order valence-electron chi connectivity index (χ4n) is 5.98. The number of allylic oxidation sites excluding steroid dienone is 3. The lowest BCUT2D eigenvalue weighted by Crippen LogP contribution is -2.15. The van der Waals surface area contributed by atoms with Gasteiger partial charge in [0.25, 0.3) is 0 Å². The van der Waals surface area contributed by atoms with Crippen LogP contribution < -0.4 is 10.6 Å². The van der Waals surface area contributed by atoms with Gasteiger partial charge in [0, 0.05) is 16.8 Å². The summed E-state index contributed by atoms with van der Waals surface area (Å²) >= 11 is 0. The Labute approximate surface area is 227 Å². The van der Waals surface area contributed by atoms with Gasteiger partial charge in [0.1, 0.15) is 0 Å². The molecule has 38 heavy (non-hydrogen) atoms. The molecule has 2 nitrogen and oxygen atoms in total. The average Bonchev–Trinajstić information content (AvgIpc) is 3.14. The van der Waals surface area contributed by atoms with E-state index in [0.29, 0.717) is 0 Å². The Hall–Kier alpha value is -3.88. The number of benzene rings is 4. The zero-order chi connectivity index (χ0) is 26.9. The van der Waals surface area contributed by atoms with E-state index in [1.165, 1.54) is 55.3 Å². The highest BCUT2D eigenvalue weighted by atomic mass is 14.9. The van der Waals surface area contributed by atoms with Gasteiger partial charge in [-0.1, -0.05) is 81.1 Å². The largest absolute Gasteiger partial charge is 0.356 e. The molecule has 0 atom stereocenters. The van der Waals surface area contributed by atoms with E-state index in [9.17, 15) is 0 Å². The molecular weight excluding hydrogens is 460 g/mol. The normalized spacial score (nSPS) is 14.4. The van der Waals surface area contributed by atoms with Crippen LogP contribution in [0.25, 0.3) is 39.1 Å². The van der Waals surface area contributed by atoms with Crippen molar-refractivity contribution in [1.29, 1.82) is 0 Å². The minimum absolute atomic E-state index is 0.0763. The van der Waals surface area contributed by atoms with Crippen molar-refractivity contribution in [1.82, 2.24) is 5.32 Å². The summed E-state index contributed by atoms with van der Waals surface area (Å²) in [5.74, 6) is 0. The third-order valence-electron chi connectivity index (χ3n) is 7.71. The maximum Gasteiger partial charge on any atom is 0.0387 e. The summed E-state index contributed by atoms with van der Waals surface area (Å²) in [4.78, 5) is 0. The summed E-state index contributed by atoms with van der Waals surface area (Å²) in [5.41, 5.74) is 12.9. The molecule has 0 unspecified atom stereocenters. The van der Waals surface area contributed by atoms with Crippen molar-refractivity contribution in [3.8, 4) is 22.3 Å². The van der Waals surface area contributed by atoms with Crippen LogP contribution >= 0.6 is 0 Å². The predicted molar refractivity (Wildman–Crippen MR) is 167 cm³/mol. The highest BCUT2D eigenvalue weighted by molar-refractivity contribution is 5.97. The Balaban J connectivity index is 0.000000937. The molecule has 0 aromatic heterocycles. The van der Waals surface area contributed by atoms with E-state index < -0.39 is 0 Å². The maximum absolute atomic E-state index is 4.11. The molecule has 0 saturated carbocycles. The Bertz CT molecular complexity index is 1580. The third kappa shape index (κ3) is 4.50. The summed E-state index contributed by atoms with van der Waals surface area (Å²) in [6, 6.07) is 25.0. The molecule has 0 saturated heterocycles. The van der Waals surface area contributed by atoms with Crippen LogP contribution in [0, 0.1) is 0 Å². The lowest BCUT2D eigenvalue weighted by molar-refractivity contribution is 0.661. The zero-order valence-electron chi connectivity index (χ0n) is 23.3. The van der Waals surface area contributed by atoms with Crippen molar-refractivity contribution in [2.45, 2.75) is 39.0 Å². The van der Waals surface area contributed by atoms with Crippen LogP contribution in [0.2, 0.25) is 0 Å². The topological polar surface area (TPSA) is 24.1 Å². The van der Waals surface area contributed by atoms with Crippen molar-refractivity contribution < 1.29 is 0 Å². The molecule has 0 spiro atoms. The predicted octanol–water partition coefficient (Wildman–Crippen LogP) is 9.11. The van der Waals surface area contributed by atoms with Crippen molar-refractivity contribution in [2.24, 2.45) is 0 Å². The van der Waals surface area contributed by atoms with Crippen LogP contribution in [0.4, 0.5) is 5.69 Å². The molecule has 2 aliphatic carbocycles. The molecular formula is C36H38N2. The molecule has 0 aliphatic heterocycles. The number of anilines is 1. The first kappa shape index (κ1) is 25.8. The molecule has 6 rings (SSSR count). The first-order valence-corrected chi connectivity index (χ1v) is 13.6. The molecule has 192 valence electrons. The van der Waals surface area contributed by atoms with Crippen molar-refractivity contribution >= 4 is 22.5 Å². The number of aryl methyl sites for hydroxylation is 1. The van der Waals surface area contributed by atoms with E-state index >= 15 is 0 Å². The summed E-state index contributed by atoms with van der Waals surface area (Å²) in [7, 11) is 3.75. The van der Waals surface area contributed by atoms with E-state index in [4.69, 9.17) is 0 Å². The molecule has 0 amide bonds.